The highest BCUT2D eigenvalue weighted by molar-refractivity contribution is 5.69. The summed E-state index contributed by atoms with van der Waals surface area (Å²) in [5.74, 6) is 2.20. The fourth-order valence-electron chi connectivity index (χ4n) is 4.96. The molecule has 6 nitrogen and oxygen atoms in total. The van der Waals surface area contributed by atoms with E-state index >= 15 is 0 Å². The zero-order valence-electron chi connectivity index (χ0n) is 21.7. The Morgan fingerprint density at radius 3 is 1.67 bits per heavy atom. The van der Waals surface area contributed by atoms with Crippen molar-refractivity contribution in [2.45, 2.75) is 91.4 Å². The minimum absolute atomic E-state index is 0.0414. The fraction of sp³-hybridized carbons (Fsp3) is 0.926. The number of hydrogen-bond acceptors (Lipinski definition) is 6. The van der Waals surface area contributed by atoms with Gasteiger partial charge in [-0.25, -0.2) is 0 Å². The van der Waals surface area contributed by atoms with Gasteiger partial charge in [0.2, 0.25) is 0 Å². The Balaban J connectivity index is 1.46. The molecule has 2 rings (SSSR count). The summed E-state index contributed by atoms with van der Waals surface area (Å²) in [4.78, 5) is 28.4. The lowest BCUT2D eigenvalue weighted by molar-refractivity contribution is -0.145. The van der Waals surface area contributed by atoms with Gasteiger partial charge in [-0.2, -0.15) is 0 Å². The number of carbonyl (C=O) groups is 2. The smallest absolute Gasteiger partial charge is 0.307 e. The number of carbonyl (C=O) groups excluding carboxylic acids is 2. The average molecular weight is 467 g/mol. The molecule has 0 aliphatic carbocycles. The van der Waals surface area contributed by atoms with E-state index in [1.54, 1.807) is 0 Å². The molecule has 0 spiro atoms. The van der Waals surface area contributed by atoms with E-state index < -0.39 is 0 Å². The lowest BCUT2D eigenvalue weighted by Gasteiger charge is -2.33. The molecule has 0 aromatic carbocycles. The van der Waals surface area contributed by atoms with Crippen LogP contribution in [-0.4, -0.2) is 74.2 Å². The van der Waals surface area contributed by atoms with E-state index in [-0.39, 0.29) is 11.9 Å². The van der Waals surface area contributed by atoms with Gasteiger partial charge >= 0.3 is 11.9 Å². The van der Waals surface area contributed by atoms with Crippen LogP contribution in [0, 0.1) is 17.8 Å². The second-order valence-electron chi connectivity index (χ2n) is 10.6. The zero-order valence-corrected chi connectivity index (χ0v) is 21.7. The number of ether oxygens (including phenoxy) is 2. The number of rotatable bonds is 15. The van der Waals surface area contributed by atoms with Crippen molar-refractivity contribution in [2.24, 2.45) is 17.8 Å². The maximum atomic E-state index is 11.9. The summed E-state index contributed by atoms with van der Waals surface area (Å²) >= 11 is 0. The number of piperidine rings is 2. The van der Waals surface area contributed by atoms with Crippen molar-refractivity contribution in [2.75, 3.05) is 52.5 Å². The molecule has 0 atom stereocenters. The molecule has 6 heteroatoms. The van der Waals surface area contributed by atoms with Gasteiger partial charge in [-0.15, -0.1) is 0 Å². The maximum Gasteiger partial charge on any atom is 0.307 e. The van der Waals surface area contributed by atoms with Crippen molar-refractivity contribution >= 4 is 11.9 Å². The van der Waals surface area contributed by atoms with Crippen LogP contribution in [0.4, 0.5) is 0 Å². The first-order valence-electron chi connectivity index (χ1n) is 13.7. The number of esters is 2. The Morgan fingerprint density at radius 1 is 0.788 bits per heavy atom. The SMILES string of the molecule is CCCOC(=O)CCN1CCC(CCCC2CCN(CCC(=O)OCCC(C)C)CC2)CC1. The van der Waals surface area contributed by atoms with Crippen LogP contribution in [0.3, 0.4) is 0 Å². The van der Waals surface area contributed by atoms with Gasteiger partial charge in [0.25, 0.3) is 0 Å². The van der Waals surface area contributed by atoms with E-state index in [1.165, 1.54) is 44.9 Å². The summed E-state index contributed by atoms with van der Waals surface area (Å²) < 4.78 is 10.5. The molecule has 0 unspecified atom stereocenters. The van der Waals surface area contributed by atoms with Gasteiger partial charge in [0, 0.05) is 13.1 Å². The Morgan fingerprint density at radius 2 is 1.24 bits per heavy atom. The molecule has 0 aromatic rings. The molecule has 2 aliphatic heterocycles. The van der Waals surface area contributed by atoms with E-state index in [9.17, 15) is 9.59 Å². The lowest BCUT2D eigenvalue weighted by Crippen LogP contribution is -2.36. The Bertz CT molecular complexity index is 538. The van der Waals surface area contributed by atoms with Crippen molar-refractivity contribution in [3.8, 4) is 0 Å². The van der Waals surface area contributed by atoms with Gasteiger partial charge in [0.05, 0.1) is 26.1 Å². The quantitative estimate of drug-likeness (QED) is 0.320. The third-order valence-corrected chi connectivity index (χ3v) is 7.33. The van der Waals surface area contributed by atoms with E-state index in [0.29, 0.717) is 32.0 Å². The second kappa shape index (κ2) is 16.5. The predicted octanol–water partition coefficient (Wildman–Crippen LogP) is 4.90. The van der Waals surface area contributed by atoms with Crippen LogP contribution < -0.4 is 0 Å². The van der Waals surface area contributed by atoms with Crippen molar-refractivity contribution in [1.29, 1.82) is 0 Å². The van der Waals surface area contributed by atoms with Gasteiger partial charge < -0.3 is 19.3 Å². The summed E-state index contributed by atoms with van der Waals surface area (Å²) in [7, 11) is 0. The molecule has 2 saturated heterocycles. The van der Waals surface area contributed by atoms with Gasteiger partial charge in [-0.3, -0.25) is 9.59 Å². The average Bonchev–Trinajstić information content (AvgIpc) is 2.81. The van der Waals surface area contributed by atoms with E-state index in [4.69, 9.17) is 9.47 Å². The van der Waals surface area contributed by atoms with Crippen LogP contribution in [0.25, 0.3) is 0 Å². The van der Waals surface area contributed by atoms with Crippen LogP contribution in [0.2, 0.25) is 0 Å². The molecule has 0 radical (unpaired) electrons. The van der Waals surface area contributed by atoms with Crippen LogP contribution >= 0.6 is 0 Å². The maximum absolute atomic E-state index is 11.9. The Hall–Kier alpha value is -1.14. The fourth-order valence-corrected chi connectivity index (χ4v) is 4.96. The van der Waals surface area contributed by atoms with Crippen molar-refractivity contribution < 1.29 is 19.1 Å². The Labute approximate surface area is 202 Å². The number of hydrogen-bond donors (Lipinski definition) is 0. The first-order chi connectivity index (χ1) is 16.0. The molecule has 0 saturated carbocycles. The monoisotopic (exact) mass is 466 g/mol. The van der Waals surface area contributed by atoms with Gasteiger partial charge in [-0.1, -0.05) is 40.0 Å². The van der Waals surface area contributed by atoms with E-state index in [0.717, 1.165) is 63.9 Å². The van der Waals surface area contributed by atoms with E-state index in [2.05, 4.69) is 23.6 Å². The summed E-state index contributed by atoms with van der Waals surface area (Å²) in [5.41, 5.74) is 0. The summed E-state index contributed by atoms with van der Waals surface area (Å²) in [5, 5.41) is 0. The Kier molecular flexibility index (Phi) is 14.0. The third kappa shape index (κ3) is 12.8. The largest absolute Gasteiger partial charge is 0.466 e. The lowest BCUT2D eigenvalue weighted by atomic mass is 9.87. The molecular formula is C27H50N2O4. The topological polar surface area (TPSA) is 59.1 Å². The van der Waals surface area contributed by atoms with Crippen LogP contribution in [0.1, 0.15) is 91.4 Å². The van der Waals surface area contributed by atoms with Crippen LogP contribution in [0.5, 0.6) is 0 Å². The van der Waals surface area contributed by atoms with Crippen LogP contribution in [0.15, 0.2) is 0 Å². The molecule has 33 heavy (non-hydrogen) atoms. The highest BCUT2D eigenvalue weighted by Crippen LogP contribution is 2.27. The van der Waals surface area contributed by atoms with E-state index in [1.807, 2.05) is 6.92 Å². The van der Waals surface area contributed by atoms with Gasteiger partial charge in [-0.05, 0) is 82.5 Å². The van der Waals surface area contributed by atoms with Crippen molar-refractivity contribution in [1.82, 2.24) is 9.80 Å². The molecule has 0 amide bonds. The second-order valence-corrected chi connectivity index (χ2v) is 10.6. The first kappa shape index (κ1) is 28.1. The summed E-state index contributed by atoms with van der Waals surface area (Å²) in [6, 6.07) is 0. The molecule has 0 N–H and O–H groups in total. The van der Waals surface area contributed by atoms with Crippen molar-refractivity contribution in [3.05, 3.63) is 0 Å². The van der Waals surface area contributed by atoms with Gasteiger partial charge in [0.15, 0.2) is 0 Å². The van der Waals surface area contributed by atoms with Crippen molar-refractivity contribution in [3.63, 3.8) is 0 Å². The first-order valence-corrected chi connectivity index (χ1v) is 13.7. The van der Waals surface area contributed by atoms with Crippen LogP contribution in [-0.2, 0) is 19.1 Å². The number of likely N-dealkylation sites (tertiary alicyclic amines) is 2. The number of nitrogens with zero attached hydrogens (tertiary/aromatic N) is 2. The normalized spacial score (nSPS) is 19.2. The molecule has 0 aromatic heterocycles. The minimum Gasteiger partial charge on any atom is -0.466 e. The zero-order chi connectivity index (χ0) is 23.9. The third-order valence-electron chi connectivity index (χ3n) is 7.33. The minimum atomic E-state index is -0.0495. The summed E-state index contributed by atoms with van der Waals surface area (Å²) in [6.07, 6.45) is 12.1. The molecule has 2 aliphatic rings. The highest BCUT2D eigenvalue weighted by Gasteiger charge is 2.22. The predicted molar refractivity (Wildman–Crippen MR) is 133 cm³/mol. The van der Waals surface area contributed by atoms with Gasteiger partial charge in [0.1, 0.15) is 0 Å². The molecule has 2 heterocycles. The molecule has 0 bridgehead atoms. The summed E-state index contributed by atoms with van der Waals surface area (Å²) in [6.45, 7) is 13.7. The molecule has 192 valence electrons. The highest BCUT2D eigenvalue weighted by atomic mass is 16.5. The standard InChI is InChI=1S/C27H50N2O4/c1-4-21-32-26(30)12-19-28-15-8-24(9-16-28)6-5-7-25-10-17-29(18-11-25)20-13-27(31)33-22-14-23(2)3/h23-25H,4-22H2,1-3H3. The molecule has 2 fully saturated rings. The molecular weight excluding hydrogens is 416 g/mol.